The lowest BCUT2D eigenvalue weighted by molar-refractivity contribution is 0.306. The van der Waals surface area contributed by atoms with Crippen molar-refractivity contribution in [2.45, 2.75) is 26.0 Å². The summed E-state index contributed by atoms with van der Waals surface area (Å²) in [5.74, 6) is 0.786. The maximum absolute atomic E-state index is 8.81. The minimum absolute atomic E-state index is 0.119. The molecule has 1 atom stereocenters. The summed E-state index contributed by atoms with van der Waals surface area (Å²) in [6, 6.07) is 15.2. The number of hydrogen-bond donors (Lipinski definition) is 1. The van der Waals surface area contributed by atoms with Gasteiger partial charge in [0.25, 0.3) is 0 Å². The minimum atomic E-state index is 0.119. The highest BCUT2D eigenvalue weighted by Crippen LogP contribution is 2.21. The fraction of sp³-hybridized carbons (Fsp3) is 0.235. The van der Waals surface area contributed by atoms with Gasteiger partial charge in [-0.1, -0.05) is 29.8 Å². The molecule has 4 heteroatoms. The van der Waals surface area contributed by atoms with Gasteiger partial charge in [-0.05, 0) is 43.2 Å². The molecule has 0 fully saturated rings. The maximum Gasteiger partial charge on any atom is 0.120 e. The summed E-state index contributed by atoms with van der Waals surface area (Å²) in [4.78, 5) is 0. The van der Waals surface area contributed by atoms with Crippen LogP contribution < -0.4 is 10.5 Å². The van der Waals surface area contributed by atoms with Crippen LogP contribution in [0.25, 0.3) is 0 Å². The smallest absolute Gasteiger partial charge is 0.120 e. The van der Waals surface area contributed by atoms with Crippen LogP contribution in [0.1, 0.15) is 23.6 Å². The van der Waals surface area contributed by atoms with Gasteiger partial charge < -0.3 is 10.5 Å². The first-order valence-corrected chi connectivity index (χ1v) is 7.12. The van der Waals surface area contributed by atoms with Crippen LogP contribution in [-0.2, 0) is 13.0 Å². The van der Waals surface area contributed by atoms with Crippen LogP contribution in [0, 0.1) is 11.3 Å². The van der Waals surface area contributed by atoms with Crippen molar-refractivity contribution in [3.63, 3.8) is 0 Å². The van der Waals surface area contributed by atoms with E-state index in [4.69, 9.17) is 27.3 Å². The number of nitriles is 1. The Bertz CT molecular complexity index is 662. The zero-order chi connectivity index (χ0) is 15.2. The molecule has 2 aromatic carbocycles. The second kappa shape index (κ2) is 7.12. The molecule has 0 spiro atoms. The van der Waals surface area contributed by atoms with E-state index in [1.165, 1.54) is 0 Å². The third kappa shape index (κ3) is 4.49. The highest BCUT2D eigenvalue weighted by molar-refractivity contribution is 6.31. The number of benzene rings is 2. The lowest BCUT2D eigenvalue weighted by atomic mass is 10.1. The van der Waals surface area contributed by atoms with Crippen molar-refractivity contribution in [2.24, 2.45) is 5.73 Å². The molecule has 0 aliphatic carbocycles. The Labute approximate surface area is 129 Å². The molecule has 0 bridgehead atoms. The third-order valence-electron chi connectivity index (χ3n) is 3.03. The minimum Gasteiger partial charge on any atom is -0.489 e. The quantitative estimate of drug-likeness (QED) is 0.916. The first kappa shape index (κ1) is 15.4. The van der Waals surface area contributed by atoms with E-state index >= 15 is 0 Å². The Morgan fingerprint density at radius 3 is 2.76 bits per heavy atom. The largest absolute Gasteiger partial charge is 0.489 e. The average molecular weight is 301 g/mol. The lowest BCUT2D eigenvalue weighted by Crippen LogP contribution is -2.17. The van der Waals surface area contributed by atoms with Crippen LogP contribution >= 0.6 is 11.6 Å². The zero-order valence-corrected chi connectivity index (χ0v) is 12.6. The van der Waals surface area contributed by atoms with Gasteiger partial charge in [-0.2, -0.15) is 5.26 Å². The van der Waals surface area contributed by atoms with E-state index < -0.39 is 0 Å². The van der Waals surface area contributed by atoms with Crippen molar-refractivity contribution in [1.82, 2.24) is 0 Å². The van der Waals surface area contributed by atoms with E-state index in [9.17, 15) is 0 Å². The van der Waals surface area contributed by atoms with Gasteiger partial charge in [0.2, 0.25) is 0 Å². The summed E-state index contributed by atoms with van der Waals surface area (Å²) in [7, 11) is 0. The van der Waals surface area contributed by atoms with Gasteiger partial charge in [-0.25, -0.2) is 0 Å². The molecule has 0 heterocycles. The highest BCUT2D eigenvalue weighted by atomic mass is 35.5. The molecule has 3 nitrogen and oxygen atoms in total. The van der Waals surface area contributed by atoms with Crippen LogP contribution in [0.15, 0.2) is 42.5 Å². The van der Waals surface area contributed by atoms with Crippen LogP contribution in [-0.4, -0.2) is 6.04 Å². The Morgan fingerprint density at radius 1 is 1.29 bits per heavy atom. The zero-order valence-electron chi connectivity index (χ0n) is 11.8. The van der Waals surface area contributed by atoms with Gasteiger partial charge in [0.05, 0.1) is 11.6 Å². The van der Waals surface area contributed by atoms with Crippen molar-refractivity contribution in [1.29, 1.82) is 5.26 Å². The number of ether oxygens (including phenoxy) is 1. The summed E-state index contributed by atoms with van der Waals surface area (Å²) < 4.78 is 5.76. The van der Waals surface area contributed by atoms with E-state index in [1.54, 1.807) is 12.1 Å². The fourth-order valence-corrected chi connectivity index (χ4v) is 2.26. The van der Waals surface area contributed by atoms with E-state index in [0.29, 0.717) is 17.2 Å². The predicted molar refractivity (Wildman–Crippen MR) is 84.3 cm³/mol. The second-order valence-electron chi connectivity index (χ2n) is 5.04. The van der Waals surface area contributed by atoms with Gasteiger partial charge in [-0.3, -0.25) is 0 Å². The molecule has 0 saturated heterocycles. The molecule has 2 N–H and O–H groups in total. The lowest BCUT2D eigenvalue weighted by Gasteiger charge is -2.10. The first-order valence-electron chi connectivity index (χ1n) is 6.74. The molecular formula is C17H17ClN2O. The summed E-state index contributed by atoms with van der Waals surface area (Å²) in [6.07, 6.45) is 0.814. The van der Waals surface area contributed by atoms with Crippen molar-refractivity contribution < 1.29 is 4.74 Å². The standard InChI is InChI=1S/C17H17ClN2O/c1-12(20)7-13-3-2-4-16(8-13)21-11-15-6-5-14(10-19)9-17(15)18/h2-6,8-9,12H,7,11,20H2,1H3. The summed E-state index contributed by atoms with van der Waals surface area (Å²) in [6.45, 7) is 2.34. The van der Waals surface area contributed by atoms with Crippen molar-refractivity contribution in [3.05, 3.63) is 64.2 Å². The van der Waals surface area contributed by atoms with E-state index in [1.807, 2.05) is 37.3 Å². The molecule has 2 rings (SSSR count). The average Bonchev–Trinajstić information content (AvgIpc) is 2.45. The van der Waals surface area contributed by atoms with Crippen LogP contribution in [0.5, 0.6) is 5.75 Å². The normalized spacial score (nSPS) is 11.7. The molecule has 1 unspecified atom stereocenters. The SMILES string of the molecule is CC(N)Cc1cccc(OCc2ccc(C#N)cc2Cl)c1. The summed E-state index contributed by atoms with van der Waals surface area (Å²) >= 11 is 6.13. The molecule has 2 aromatic rings. The van der Waals surface area contributed by atoms with Gasteiger partial charge in [0, 0.05) is 16.6 Å². The molecule has 21 heavy (non-hydrogen) atoms. The number of halogens is 1. The van der Waals surface area contributed by atoms with Gasteiger partial charge in [0.1, 0.15) is 12.4 Å². The van der Waals surface area contributed by atoms with E-state index in [-0.39, 0.29) is 6.04 Å². The predicted octanol–water partition coefficient (Wildman–Crippen LogP) is 3.68. The van der Waals surface area contributed by atoms with Crippen molar-refractivity contribution >= 4 is 11.6 Å². The number of nitrogens with two attached hydrogens (primary N) is 1. The Hall–Kier alpha value is -2.02. The topological polar surface area (TPSA) is 59.0 Å². The third-order valence-corrected chi connectivity index (χ3v) is 3.38. The second-order valence-corrected chi connectivity index (χ2v) is 5.44. The molecular weight excluding hydrogens is 284 g/mol. The Balaban J connectivity index is 2.05. The van der Waals surface area contributed by atoms with Gasteiger partial charge in [-0.15, -0.1) is 0 Å². The van der Waals surface area contributed by atoms with Crippen molar-refractivity contribution in [3.8, 4) is 11.8 Å². The van der Waals surface area contributed by atoms with Crippen LogP contribution in [0.4, 0.5) is 0 Å². The highest BCUT2D eigenvalue weighted by Gasteiger charge is 2.04. The fourth-order valence-electron chi connectivity index (χ4n) is 2.03. The van der Waals surface area contributed by atoms with Crippen LogP contribution in [0.3, 0.4) is 0 Å². The molecule has 0 radical (unpaired) electrons. The maximum atomic E-state index is 8.81. The van der Waals surface area contributed by atoms with Gasteiger partial charge in [0.15, 0.2) is 0 Å². The van der Waals surface area contributed by atoms with Crippen molar-refractivity contribution in [2.75, 3.05) is 0 Å². The van der Waals surface area contributed by atoms with Gasteiger partial charge >= 0.3 is 0 Å². The Morgan fingerprint density at radius 2 is 2.10 bits per heavy atom. The molecule has 0 aliphatic heterocycles. The number of rotatable bonds is 5. The van der Waals surface area contributed by atoms with Crippen LogP contribution in [0.2, 0.25) is 5.02 Å². The molecule has 0 aromatic heterocycles. The molecule has 108 valence electrons. The molecule has 0 aliphatic rings. The van der Waals surface area contributed by atoms with E-state index in [0.717, 1.165) is 23.3 Å². The molecule has 0 amide bonds. The molecule has 0 saturated carbocycles. The number of hydrogen-bond acceptors (Lipinski definition) is 3. The summed E-state index contributed by atoms with van der Waals surface area (Å²) in [5.41, 5.74) is 8.35. The number of nitrogens with zero attached hydrogens (tertiary/aromatic N) is 1. The monoisotopic (exact) mass is 300 g/mol. The summed E-state index contributed by atoms with van der Waals surface area (Å²) in [5, 5.41) is 9.36. The van der Waals surface area contributed by atoms with E-state index in [2.05, 4.69) is 6.07 Å². The Kier molecular flexibility index (Phi) is 5.21. The first-order chi connectivity index (χ1) is 10.1.